The molecule has 1 heterocycles. The number of sulfonamides is 1. The van der Waals surface area contributed by atoms with Gasteiger partial charge in [0.05, 0.1) is 6.42 Å². The lowest BCUT2D eigenvalue weighted by atomic mass is 10.2. The number of aliphatic carboxylic acids is 1. The lowest BCUT2D eigenvalue weighted by molar-refractivity contribution is -0.136. The Labute approximate surface area is 125 Å². The minimum Gasteiger partial charge on any atom is -0.481 e. The predicted octanol–water partition coefficient (Wildman–Crippen LogP) is 1.99. The van der Waals surface area contributed by atoms with Gasteiger partial charge in [-0.15, -0.1) is 11.3 Å². The van der Waals surface area contributed by atoms with Crippen LogP contribution in [-0.4, -0.2) is 19.5 Å². The number of carboxylic acid groups (broad SMARTS) is 1. The first kappa shape index (κ1) is 15.6. The first-order valence-electron chi connectivity index (χ1n) is 5.92. The van der Waals surface area contributed by atoms with Gasteiger partial charge in [0.2, 0.25) is 10.0 Å². The number of benzene rings is 1. The van der Waals surface area contributed by atoms with E-state index < -0.39 is 21.8 Å². The number of thiophene rings is 1. The Morgan fingerprint density at radius 1 is 1.24 bits per heavy atom. The highest BCUT2D eigenvalue weighted by molar-refractivity contribution is 7.91. The molecule has 0 atom stereocenters. The molecule has 0 bridgehead atoms. The summed E-state index contributed by atoms with van der Waals surface area (Å²) in [5.74, 6) is -1.52. The molecule has 0 spiro atoms. The summed E-state index contributed by atoms with van der Waals surface area (Å²) < 4.78 is 39.8. The zero-order valence-electron chi connectivity index (χ0n) is 10.7. The van der Waals surface area contributed by atoms with Gasteiger partial charge in [-0.25, -0.2) is 17.5 Å². The van der Waals surface area contributed by atoms with Gasteiger partial charge in [-0.1, -0.05) is 18.2 Å². The Bertz CT molecular complexity index is 755. The van der Waals surface area contributed by atoms with Crippen LogP contribution in [0.4, 0.5) is 4.39 Å². The Balaban J connectivity index is 2.10. The fourth-order valence-corrected chi connectivity index (χ4v) is 4.03. The normalized spacial score (nSPS) is 11.5. The van der Waals surface area contributed by atoms with Gasteiger partial charge in [-0.2, -0.15) is 0 Å². The average molecular weight is 329 g/mol. The first-order valence-corrected chi connectivity index (χ1v) is 8.22. The van der Waals surface area contributed by atoms with Crippen LogP contribution in [0, 0.1) is 5.82 Å². The molecule has 0 aliphatic rings. The molecule has 0 saturated carbocycles. The second-order valence-electron chi connectivity index (χ2n) is 4.21. The topological polar surface area (TPSA) is 83.5 Å². The summed E-state index contributed by atoms with van der Waals surface area (Å²) in [5.41, 5.74) is 0.239. The van der Waals surface area contributed by atoms with E-state index in [1.165, 1.54) is 30.3 Å². The first-order chi connectivity index (χ1) is 9.88. The molecule has 0 amide bonds. The maximum Gasteiger partial charge on any atom is 0.308 e. The molecule has 0 fully saturated rings. The Morgan fingerprint density at radius 2 is 1.95 bits per heavy atom. The second-order valence-corrected chi connectivity index (χ2v) is 7.37. The van der Waals surface area contributed by atoms with E-state index in [4.69, 9.17) is 5.11 Å². The van der Waals surface area contributed by atoms with Gasteiger partial charge in [-0.05, 0) is 18.2 Å². The van der Waals surface area contributed by atoms with Crippen molar-refractivity contribution in [3.05, 3.63) is 52.7 Å². The minimum atomic E-state index is -3.78. The van der Waals surface area contributed by atoms with Gasteiger partial charge in [0, 0.05) is 17.0 Å². The molecule has 0 radical (unpaired) electrons. The summed E-state index contributed by atoms with van der Waals surface area (Å²) in [6, 6.07) is 8.67. The number of halogens is 1. The van der Waals surface area contributed by atoms with Gasteiger partial charge < -0.3 is 5.11 Å². The van der Waals surface area contributed by atoms with E-state index in [2.05, 4.69) is 4.72 Å². The maximum atomic E-state index is 13.4. The summed E-state index contributed by atoms with van der Waals surface area (Å²) >= 11 is 0.882. The molecule has 2 aromatic rings. The number of hydrogen-bond acceptors (Lipinski definition) is 4. The Hall–Kier alpha value is -1.77. The van der Waals surface area contributed by atoms with E-state index >= 15 is 0 Å². The average Bonchev–Trinajstić information content (AvgIpc) is 2.86. The van der Waals surface area contributed by atoms with Crippen molar-refractivity contribution in [3.8, 4) is 0 Å². The molecule has 0 unspecified atom stereocenters. The summed E-state index contributed by atoms with van der Waals surface area (Å²) in [6.45, 7) is -0.166. The number of carbonyl (C=O) groups is 1. The highest BCUT2D eigenvalue weighted by atomic mass is 32.2. The van der Waals surface area contributed by atoms with Crippen LogP contribution in [0.3, 0.4) is 0 Å². The van der Waals surface area contributed by atoms with Crippen molar-refractivity contribution < 1.29 is 22.7 Å². The molecule has 112 valence electrons. The fraction of sp³-hybridized carbons (Fsp3) is 0.154. The quantitative estimate of drug-likeness (QED) is 0.849. The van der Waals surface area contributed by atoms with Gasteiger partial charge in [0.1, 0.15) is 10.0 Å². The molecule has 1 aromatic heterocycles. The molecule has 2 rings (SSSR count). The zero-order chi connectivity index (χ0) is 15.5. The van der Waals surface area contributed by atoms with E-state index in [1.807, 2.05) is 0 Å². The number of carboxylic acids is 1. The van der Waals surface area contributed by atoms with E-state index in [0.29, 0.717) is 4.88 Å². The van der Waals surface area contributed by atoms with Crippen molar-refractivity contribution in [2.24, 2.45) is 0 Å². The molecule has 2 N–H and O–H groups in total. The van der Waals surface area contributed by atoms with Crippen LogP contribution in [0.25, 0.3) is 0 Å². The van der Waals surface area contributed by atoms with Crippen molar-refractivity contribution in [2.75, 3.05) is 0 Å². The zero-order valence-corrected chi connectivity index (χ0v) is 12.4. The summed E-state index contributed by atoms with van der Waals surface area (Å²) in [4.78, 5) is 11.0. The van der Waals surface area contributed by atoms with E-state index in [-0.39, 0.29) is 22.7 Å². The lowest BCUT2D eigenvalue weighted by Gasteiger charge is -2.05. The van der Waals surface area contributed by atoms with Crippen molar-refractivity contribution in [3.63, 3.8) is 0 Å². The summed E-state index contributed by atoms with van der Waals surface area (Å²) in [6.07, 6.45) is -0.229. The Morgan fingerprint density at radius 3 is 2.62 bits per heavy atom. The van der Waals surface area contributed by atoms with E-state index in [9.17, 15) is 17.6 Å². The van der Waals surface area contributed by atoms with E-state index in [0.717, 1.165) is 11.3 Å². The van der Waals surface area contributed by atoms with Gasteiger partial charge in [0.15, 0.2) is 0 Å². The largest absolute Gasteiger partial charge is 0.481 e. The third-order valence-electron chi connectivity index (χ3n) is 2.64. The molecular weight excluding hydrogens is 317 g/mol. The Kier molecular flexibility index (Phi) is 4.71. The monoisotopic (exact) mass is 329 g/mol. The number of nitrogens with one attached hydrogen (secondary N) is 1. The summed E-state index contributed by atoms with van der Waals surface area (Å²) in [7, 11) is -3.78. The van der Waals surface area contributed by atoms with Crippen LogP contribution in [0.2, 0.25) is 0 Å². The third kappa shape index (κ3) is 4.10. The van der Waals surface area contributed by atoms with Gasteiger partial charge in [0.25, 0.3) is 0 Å². The molecule has 8 heteroatoms. The maximum absolute atomic E-state index is 13.4. The molecule has 0 aliphatic heterocycles. The molecule has 21 heavy (non-hydrogen) atoms. The van der Waals surface area contributed by atoms with Crippen molar-refractivity contribution in [2.45, 2.75) is 17.2 Å². The minimum absolute atomic E-state index is 0.00934. The van der Waals surface area contributed by atoms with Gasteiger partial charge >= 0.3 is 5.97 Å². The number of rotatable bonds is 6. The highest BCUT2D eigenvalue weighted by Crippen LogP contribution is 2.22. The van der Waals surface area contributed by atoms with E-state index in [1.54, 1.807) is 6.07 Å². The van der Waals surface area contributed by atoms with Gasteiger partial charge in [-0.3, -0.25) is 4.79 Å². The molecule has 0 saturated heterocycles. The van der Waals surface area contributed by atoms with Crippen LogP contribution in [0.1, 0.15) is 10.4 Å². The second kappa shape index (κ2) is 6.33. The highest BCUT2D eigenvalue weighted by Gasteiger charge is 2.18. The van der Waals surface area contributed by atoms with Crippen molar-refractivity contribution >= 4 is 27.3 Å². The smallest absolute Gasteiger partial charge is 0.308 e. The van der Waals surface area contributed by atoms with Crippen LogP contribution in [-0.2, 0) is 27.8 Å². The van der Waals surface area contributed by atoms with Crippen LogP contribution < -0.4 is 4.72 Å². The van der Waals surface area contributed by atoms with Crippen LogP contribution >= 0.6 is 11.3 Å². The lowest BCUT2D eigenvalue weighted by Crippen LogP contribution is -2.22. The molecule has 5 nitrogen and oxygen atoms in total. The molecule has 1 aromatic carbocycles. The third-order valence-corrected chi connectivity index (χ3v) is 5.62. The van der Waals surface area contributed by atoms with Crippen molar-refractivity contribution in [1.82, 2.24) is 4.72 Å². The molecule has 0 aliphatic carbocycles. The standard InChI is InChI=1S/C13H12FNO4S2/c14-11-4-2-1-3-9(11)8-15-21(18,19)13-6-5-10(20-13)7-12(16)17/h1-6,15H,7-8H2,(H,16,17). The van der Waals surface area contributed by atoms with Crippen molar-refractivity contribution in [1.29, 1.82) is 0 Å². The SMILES string of the molecule is O=C(O)Cc1ccc(S(=O)(=O)NCc2ccccc2F)s1. The molecular formula is C13H12FNO4S2. The van der Waals surface area contributed by atoms with Crippen LogP contribution in [0.15, 0.2) is 40.6 Å². The summed E-state index contributed by atoms with van der Waals surface area (Å²) in [5, 5.41) is 8.66. The fourth-order valence-electron chi connectivity index (χ4n) is 1.63. The number of hydrogen-bond donors (Lipinski definition) is 2. The van der Waals surface area contributed by atoms with Crippen LogP contribution in [0.5, 0.6) is 0 Å². The predicted molar refractivity (Wildman–Crippen MR) is 76.1 cm³/mol.